The number of nitrogens with one attached hydrogen (secondary N) is 1. The molecule has 0 fully saturated rings. The molecule has 0 amide bonds. The van der Waals surface area contributed by atoms with E-state index < -0.39 is 6.10 Å². The summed E-state index contributed by atoms with van der Waals surface area (Å²) in [6, 6.07) is 5.12. The van der Waals surface area contributed by atoms with Gasteiger partial charge in [-0.1, -0.05) is 35.3 Å². The van der Waals surface area contributed by atoms with Gasteiger partial charge in [0.15, 0.2) is 5.75 Å². The predicted molar refractivity (Wildman–Crippen MR) is 75.6 cm³/mol. The molecule has 1 rings (SSSR count). The zero-order valence-electron chi connectivity index (χ0n) is 10.0. The molecule has 0 bridgehead atoms. The molecule has 5 heteroatoms. The number of hydrogen-bond acceptors (Lipinski definition) is 3. The summed E-state index contributed by atoms with van der Waals surface area (Å²) in [4.78, 5) is 0. The van der Waals surface area contributed by atoms with Gasteiger partial charge in [-0.2, -0.15) is 0 Å². The molecular weight excluding hydrogens is 273 g/mol. The fourth-order valence-corrected chi connectivity index (χ4v) is 1.84. The van der Waals surface area contributed by atoms with Gasteiger partial charge in [0, 0.05) is 6.54 Å². The van der Waals surface area contributed by atoms with Gasteiger partial charge in [0.05, 0.1) is 10.0 Å². The maximum Gasteiger partial charge on any atom is 0.156 e. The fraction of sp³-hybridized carbons (Fsp3) is 0.385. The Kier molecular flexibility index (Phi) is 7.13. The van der Waals surface area contributed by atoms with E-state index in [0.29, 0.717) is 22.3 Å². The normalized spacial score (nSPS) is 12.2. The van der Waals surface area contributed by atoms with Crippen LogP contribution in [0.25, 0.3) is 0 Å². The van der Waals surface area contributed by atoms with Crippen molar-refractivity contribution >= 4 is 23.2 Å². The number of para-hydroxylation sites is 1. The Morgan fingerprint density at radius 2 is 2.06 bits per heavy atom. The molecule has 3 nitrogen and oxygen atoms in total. The second-order valence-corrected chi connectivity index (χ2v) is 4.61. The molecule has 1 aromatic carbocycles. The van der Waals surface area contributed by atoms with Crippen LogP contribution >= 0.6 is 23.2 Å². The number of rotatable bonds is 8. The molecule has 0 aromatic heterocycles. The molecule has 0 aliphatic carbocycles. The lowest BCUT2D eigenvalue weighted by Crippen LogP contribution is -2.31. The van der Waals surface area contributed by atoms with Crippen LogP contribution in [0.3, 0.4) is 0 Å². The monoisotopic (exact) mass is 289 g/mol. The van der Waals surface area contributed by atoms with Crippen LogP contribution in [0, 0.1) is 0 Å². The summed E-state index contributed by atoms with van der Waals surface area (Å²) < 4.78 is 5.41. The molecule has 0 heterocycles. The minimum absolute atomic E-state index is 0.143. The van der Waals surface area contributed by atoms with Crippen molar-refractivity contribution in [3.63, 3.8) is 0 Å². The highest BCUT2D eigenvalue weighted by atomic mass is 35.5. The molecule has 1 aromatic rings. The van der Waals surface area contributed by atoms with Gasteiger partial charge in [-0.3, -0.25) is 0 Å². The number of benzene rings is 1. The van der Waals surface area contributed by atoms with E-state index in [9.17, 15) is 5.11 Å². The number of hydrogen-bond donors (Lipinski definition) is 2. The first kappa shape index (κ1) is 15.3. The van der Waals surface area contributed by atoms with Crippen LogP contribution in [0.4, 0.5) is 0 Å². The van der Waals surface area contributed by atoms with E-state index in [1.54, 1.807) is 18.2 Å². The Balaban J connectivity index is 2.33. The lowest BCUT2D eigenvalue weighted by molar-refractivity contribution is 0.107. The van der Waals surface area contributed by atoms with Crippen LogP contribution in [0.5, 0.6) is 5.75 Å². The third-order valence-corrected chi connectivity index (χ3v) is 2.84. The summed E-state index contributed by atoms with van der Waals surface area (Å²) in [5, 5.41) is 13.7. The molecule has 0 saturated heterocycles. The largest absolute Gasteiger partial charge is 0.488 e. The van der Waals surface area contributed by atoms with Crippen LogP contribution < -0.4 is 10.1 Å². The molecule has 100 valence electrons. The van der Waals surface area contributed by atoms with Crippen LogP contribution in [-0.2, 0) is 0 Å². The smallest absolute Gasteiger partial charge is 0.156 e. The van der Waals surface area contributed by atoms with E-state index >= 15 is 0 Å². The summed E-state index contributed by atoms with van der Waals surface area (Å²) >= 11 is 11.9. The molecule has 0 aliphatic heterocycles. The van der Waals surface area contributed by atoms with Crippen molar-refractivity contribution in [2.24, 2.45) is 0 Å². The summed E-state index contributed by atoms with van der Waals surface area (Å²) in [5.41, 5.74) is 0. The molecule has 0 saturated carbocycles. The van der Waals surface area contributed by atoms with E-state index in [4.69, 9.17) is 27.9 Å². The van der Waals surface area contributed by atoms with Crippen molar-refractivity contribution in [3.8, 4) is 5.75 Å². The lowest BCUT2D eigenvalue weighted by Gasteiger charge is -2.14. The molecule has 2 N–H and O–H groups in total. The third-order valence-electron chi connectivity index (χ3n) is 2.24. The van der Waals surface area contributed by atoms with E-state index in [1.807, 2.05) is 6.08 Å². The van der Waals surface area contributed by atoms with Crippen LogP contribution in [0.1, 0.15) is 6.42 Å². The Bertz CT molecular complexity index is 365. The first-order valence-corrected chi connectivity index (χ1v) is 6.47. The van der Waals surface area contributed by atoms with E-state index in [0.717, 1.165) is 13.0 Å². The first-order valence-electron chi connectivity index (χ1n) is 5.71. The van der Waals surface area contributed by atoms with Crippen molar-refractivity contribution in [1.29, 1.82) is 0 Å². The summed E-state index contributed by atoms with van der Waals surface area (Å²) in [5.74, 6) is 0.408. The average Bonchev–Trinajstić information content (AvgIpc) is 2.34. The Morgan fingerprint density at radius 3 is 2.67 bits per heavy atom. The molecule has 0 radical (unpaired) electrons. The van der Waals surface area contributed by atoms with Gasteiger partial charge in [-0.15, -0.1) is 6.58 Å². The summed E-state index contributed by atoms with van der Waals surface area (Å²) in [7, 11) is 0. The Morgan fingerprint density at radius 1 is 1.39 bits per heavy atom. The van der Waals surface area contributed by atoms with Crippen LogP contribution in [0.2, 0.25) is 10.0 Å². The minimum Gasteiger partial charge on any atom is -0.488 e. The maximum atomic E-state index is 9.69. The topological polar surface area (TPSA) is 41.5 Å². The highest BCUT2D eigenvalue weighted by Gasteiger charge is 2.09. The standard InChI is InChI=1S/C13H17Cl2NO2/c1-2-3-7-16-8-10(17)9-18-13-11(14)5-4-6-12(13)15/h2,4-6,10,16-17H,1,3,7-9H2. The van der Waals surface area contributed by atoms with E-state index in [2.05, 4.69) is 11.9 Å². The molecule has 0 aliphatic rings. The third kappa shape index (κ3) is 5.27. The fourth-order valence-electron chi connectivity index (χ4n) is 1.33. The molecule has 1 atom stereocenters. The quantitative estimate of drug-likeness (QED) is 0.571. The molecule has 0 spiro atoms. The van der Waals surface area contributed by atoms with Gasteiger partial charge in [0.1, 0.15) is 12.7 Å². The number of aliphatic hydroxyl groups excluding tert-OH is 1. The van der Waals surface area contributed by atoms with Gasteiger partial charge in [-0.25, -0.2) is 0 Å². The SMILES string of the molecule is C=CCCNCC(O)COc1c(Cl)cccc1Cl. The summed E-state index contributed by atoms with van der Waals surface area (Å²) in [6.45, 7) is 5.00. The number of aliphatic hydroxyl groups is 1. The highest BCUT2D eigenvalue weighted by molar-refractivity contribution is 6.37. The lowest BCUT2D eigenvalue weighted by atomic mass is 10.3. The minimum atomic E-state index is -0.609. The first-order chi connectivity index (χ1) is 8.65. The van der Waals surface area contributed by atoms with Gasteiger partial charge in [-0.05, 0) is 25.1 Å². The van der Waals surface area contributed by atoms with E-state index in [1.165, 1.54) is 0 Å². The maximum absolute atomic E-state index is 9.69. The molecular formula is C13H17Cl2NO2. The average molecular weight is 290 g/mol. The molecule has 18 heavy (non-hydrogen) atoms. The van der Waals surface area contributed by atoms with Gasteiger partial charge < -0.3 is 15.2 Å². The van der Waals surface area contributed by atoms with E-state index in [-0.39, 0.29) is 6.61 Å². The van der Waals surface area contributed by atoms with Crippen LogP contribution in [-0.4, -0.2) is 30.9 Å². The van der Waals surface area contributed by atoms with Gasteiger partial charge in [0.2, 0.25) is 0 Å². The van der Waals surface area contributed by atoms with Crippen molar-refractivity contribution in [1.82, 2.24) is 5.32 Å². The predicted octanol–water partition coefficient (Wildman–Crippen LogP) is 2.90. The number of halogens is 2. The van der Waals surface area contributed by atoms with Crippen molar-refractivity contribution < 1.29 is 9.84 Å². The Labute approximate surface area is 117 Å². The van der Waals surface area contributed by atoms with Crippen LogP contribution in [0.15, 0.2) is 30.9 Å². The Hall–Kier alpha value is -0.740. The van der Waals surface area contributed by atoms with Crippen molar-refractivity contribution in [2.75, 3.05) is 19.7 Å². The second kappa shape index (κ2) is 8.38. The zero-order chi connectivity index (χ0) is 13.4. The van der Waals surface area contributed by atoms with Crippen molar-refractivity contribution in [2.45, 2.75) is 12.5 Å². The second-order valence-electron chi connectivity index (χ2n) is 3.80. The van der Waals surface area contributed by atoms with Gasteiger partial charge in [0.25, 0.3) is 0 Å². The van der Waals surface area contributed by atoms with Gasteiger partial charge >= 0.3 is 0 Å². The van der Waals surface area contributed by atoms with Crippen molar-refractivity contribution in [3.05, 3.63) is 40.9 Å². The zero-order valence-corrected chi connectivity index (χ0v) is 11.5. The molecule has 1 unspecified atom stereocenters. The number of ether oxygens (including phenoxy) is 1. The summed E-state index contributed by atoms with van der Waals surface area (Å²) in [6.07, 6.45) is 2.07. The highest BCUT2D eigenvalue weighted by Crippen LogP contribution is 2.32.